The van der Waals surface area contributed by atoms with Crippen LogP contribution in [0.25, 0.3) is 0 Å². The second-order valence-electron chi connectivity index (χ2n) is 4.12. The molecule has 0 saturated carbocycles. The van der Waals surface area contributed by atoms with Gasteiger partial charge in [-0.05, 0) is 12.3 Å². The average molecular weight is 276 g/mol. The number of imide groups is 1. The van der Waals surface area contributed by atoms with Gasteiger partial charge in [-0.3, -0.25) is 14.9 Å². The van der Waals surface area contributed by atoms with Crippen molar-refractivity contribution in [2.75, 3.05) is 12.3 Å². The summed E-state index contributed by atoms with van der Waals surface area (Å²) in [7, 11) is 0. The predicted molar refractivity (Wildman–Crippen MR) is 70.6 cm³/mol. The van der Waals surface area contributed by atoms with Gasteiger partial charge in [0.05, 0.1) is 5.75 Å². The highest BCUT2D eigenvalue weighted by molar-refractivity contribution is 8.01. The van der Waals surface area contributed by atoms with Crippen LogP contribution in [0.4, 0.5) is 4.79 Å². The van der Waals surface area contributed by atoms with E-state index >= 15 is 0 Å². The van der Waals surface area contributed by atoms with Crippen LogP contribution in [0.1, 0.15) is 27.2 Å². The zero-order valence-electron chi connectivity index (χ0n) is 10.9. The Bertz CT molecular complexity index is 307. The van der Waals surface area contributed by atoms with E-state index in [-0.39, 0.29) is 11.7 Å². The smallest absolute Gasteiger partial charge is 0.321 e. The van der Waals surface area contributed by atoms with Gasteiger partial charge >= 0.3 is 12.0 Å². The molecule has 0 aliphatic carbocycles. The number of urea groups is 1. The van der Waals surface area contributed by atoms with Gasteiger partial charge in [-0.15, -0.1) is 11.8 Å². The van der Waals surface area contributed by atoms with Gasteiger partial charge in [0.25, 0.3) is 0 Å². The van der Waals surface area contributed by atoms with E-state index in [1.165, 1.54) is 0 Å². The van der Waals surface area contributed by atoms with E-state index in [1.54, 1.807) is 13.8 Å². The van der Waals surface area contributed by atoms with E-state index in [0.717, 1.165) is 18.2 Å². The molecule has 0 aromatic carbocycles. The summed E-state index contributed by atoms with van der Waals surface area (Å²) in [6.45, 7) is 5.95. The monoisotopic (exact) mass is 276 g/mol. The fraction of sp³-hybridized carbons (Fsp3) is 0.727. The normalized spacial score (nSPS) is 12.0. The van der Waals surface area contributed by atoms with Crippen LogP contribution in [0.2, 0.25) is 0 Å². The molecule has 1 atom stereocenters. The Kier molecular flexibility index (Phi) is 8.19. The molecule has 0 aliphatic rings. The summed E-state index contributed by atoms with van der Waals surface area (Å²) in [4.78, 5) is 33.4. The quantitative estimate of drug-likeness (QED) is 0.646. The Morgan fingerprint density at radius 3 is 2.33 bits per heavy atom. The molecule has 3 N–H and O–H groups in total. The molecule has 0 saturated heterocycles. The first-order valence-electron chi connectivity index (χ1n) is 5.80. The molecule has 1 unspecified atom stereocenters. The Morgan fingerprint density at radius 1 is 1.28 bits per heavy atom. The molecule has 7 heteroatoms. The van der Waals surface area contributed by atoms with Gasteiger partial charge in [-0.2, -0.15) is 0 Å². The van der Waals surface area contributed by atoms with Crippen LogP contribution in [0.5, 0.6) is 0 Å². The number of carbonyl (C=O) groups is 3. The average Bonchev–Trinajstić information content (AvgIpc) is 2.25. The summed E-state index contributed by atoms with van der Waals surface area (Å²) in [5, 5.41) is 12.9. The molecule has 0 rings (SSSR count). The van der Waals surface area contributed by atoms with Crippen molar-refractivity contribution < 1.29 is 19.5 Å². The van der Waals surface area contributed by atoms with Crippen molar-refractivity contribution in [3.8, 4) is 0 Å². The molecule has 18 heavy (non-hydrogen) atoms. The highest BCUT2D eigenvalue weighted by Crippen LogP contribution is 2.19. The lowest BCUT2D eigenvalue weighted by Gasteiger charge is -2.15. The van der Waals surface area contributed by atoms with E-state index in [1.807, 2.05) is 6.92 Å². The number of carboxylic acid groups (broad SMARTS) is 1. The van der Waals surface area contributed by atoms with Gasteiger partial charge in [0.15, 0.2) is 0 Å². The van der Waals surface area contributed by atoms with Crippen molar-refractivity contribution in [2.24, 2.45) is 5.92 Å². The third kappa shape index (κ3) is 7.16. The van der Waals surface area contributed by atoms with E-state index < -0.39 is 23.2 Å². The van der Waals surface area contributed by atoms with Crippen LogP contribution in [-0.4, -0.2) is 40.6 Å². The Labute approximate surface area is 111 Å². The van der Waals surface area contributed by atoms with Crippen LogP contribution in [0, 0.1) is 5.92 Å². The number of hydrogen-bond acceptors (Lipinski definition) is 4. The summed E-state index contributed by atoms with van der Waals surface area (Å²) in [6.07, 6.45) is 0.783. The summed E-state index contributed by atoms with van der Waals surface area (Å²) in [6, 6.07) is -0.543. The van der Waals surface area contributed by atoms with Gasteiger partial charge in [0.2, 0.25) is 5.91 Å². The van der Waals surface area contributed by atoms with Crippen molar-refractivity contribution >= 4 is 29.7 Å². The molecule has 0 aromatic rings. The van der Waals surface area contributed by atoms with Crippen LogP contribution >= 0.6 is 11.8 Å². The zero-order chi connectivity index (χ0) is 14.1. The van der Waals surface area contributed by atoms with Crippen LogP contribution in [-0.2, 0) is 9.59 Å². The third-order valence-electron chi connectivity index (χ3n) is 2.03. The predicted octanol–water partition coefficient (Wildman–Crippen LogP) is 1.06. The number of aliphatic carboxylic acids is 1. The Balaban J connectivity index is 4.02. The first-order valence-corrected chi connectivity index (χ1v) is 6.85. The lowest BCUT2D eigenvalue weighted by atomic mass is 10.1. The maximum Gasteiger partial charge on any atom is 0.321 e. The topological polar surface area (TPSA) is 95.5 Å². The molecular weight excluding hydrogens is 256 g/mol. The standard InChI is InChI=1S/C11H20N2O4S/c1-4-5-12-11(17)13-8(14)6-18-9(7(2)3)10(15)16/h7,9H,4-6H2,1-3H3,(H,15,16)(H2,12,13,14,17). The molecule has 0 aromatic heterocycles. The number of carbonyl (C=O) groups excluding carboxylic acids is 2. The van der Waals surface area contributed by atoms with E-state index in [2.05, 4.69) is 10.6 Å². The van der Waals surface area contributed by atoms with Gasteiger partial charge in [0, 0.05) is 6.54 Å². The molecule has 0 heterocycles. The Hall–Kier alpha value is -1.24. The maximum absolute atomic E-state index is 11.4. The van der Waals surface area contributed by atoms with Gasteiger partial charge in [-0.1, -0.05) is 20.8 Å². The van der Waals surface area contributed by atoms with Crippen LogP contribution in [0.3, 0.4) is 0 Å². The second kappa shape index (κ2) is 8.79. The highest BCUT2D eigenvalue weighted by atomic mass is 32.2. The van der Waals surface area contributed by atoms with E-state index in [4.69, 9.17) is 5.11 Å². The molecule has 104 valence electrons. The SMILES string of the molecule is CCCNC(=O)NC(=O)CSC(C(=O)O)C(C)C. The maximum atomic E-state index is 11.4. The van der Waals surface area contributed by atoms with Crippen LogP contribution in [0.15, 0.2) is 0 Å². The van der Waals surface area contributed by atoms with Gasteiger partial charge in [-0.25, -0.2) is 4.79 Å². The summed E-state index contributed by atoms with van der Waals surface area (Å²) in [5.74, 6) is -1.55. The summed E-state index contributed by atoms with van der Waals surface area (Å²) >= 11 is 1.02. The lowest BCUT2D eigenvalue weighted by molar-refractivity contribution is -0.137. The fourth-order valence-electron chi connectivity index (χ4n) is 1.16. The molecule has 0 aliphatic heterocycles. The molecule has 0 bridgehead atoms. The third-order valence-corrected chi connectivity index (χ3v) is 3.57. The highest BCUT2D eigenvalue weighted by Gasteiger charge is 2.23. The number of amides is 3. The summed E-state index contributed by atoms with van der Waals surface area (Å²) in [5.41, 5.74) is 0. The number of nitrogens with one attached hydrogen (secondary N) is 2. The molecule has 0 radical (unpaired) electrons. The first-order chi connectivity index (χ1) is 8.38. The van der Waals surface area contributed by atoms with Crippen molar-refractivity contribution in [3.63, 3.8) is 0 Å². The van der Waals surface area contributed by atoms with Crippen molar-refractivity contribution in [3.05, 3.63) is 0 Å². The first kappa shape index (κ1) is 16.8. The van der Waals surface area contributed by atoms with Crippen molar-refractivity contribution in [1.29, 1.82) is 0 Å². The minimum absolute atomic E-state index is 0.0469. The van der Waals surface area contributed by atoms with Gasteiger partial charge < -0.3 is 10.4 Å². The lowest BCUT2D eigenvalue weighted by Crippen LogP contribution is -2.41. The molecule has 6 nitrogen and oxygen atoms in total. The molecular formula is C11H20N2O4S. The van der Waals surface area contributed by atoms with E-state index in [9.17, 15) is 14.4 Å². The Morgan fingerprint density at radius 2 is 1.89 bits per heavy atom. The number of rotatable bonds is 7. The minimum atomic E-state index is -0.946. The number of hydrogen-bond donors (Lipinski definition) is 3. The van der Waals surface area contributed by atoms with Crippen molar-refractivity contribution in [2.45, 2.75) is 32.4 Å². The van der Waals surface area contributed by atoms with Gasteiger partial charge in [0.1, 0.15) is 5.25 Å². The summed E-state index contributed by atoms with van der Waals surface area (Å²) < 4.78 is 0. The second-order valence-corrected chi connectivity index (χ2v) is 5.25. The largest absolute Gasteiger partial charge is 0.480 e. The zero-order valence-corrected chi connectivity index (χ0v) is 11.7. The van der Waals surface area contributed by atoms with Crippen molar-refractivity contribution in [1.82, 2.24) is 10.6 Å². The number of carboxylic acids is 1. The van der Waals surface area contributed by atoms with Crippen LogP contribution < -0.4 is 10.6 Å². The molecule has 3 amide bonds. The van der Waals surface area contributed by atoms with E-state index in [0.29, 0.717) is 6.54 Å². The molecule has 0 fully saturated rings. The molecule has 0 spiro atoms. The number of thioether (sulfide) groups is 1. The minimum Gasteiger partial charge on any atom is -0.480 e. The fourth-order valence-corrected chi connectivity index (χ4v) is 2.09.